The Morgan fingerprint density at radius 2 is 2.06 bits per heavy atom. The molecule has 0 radical (unpaired) electrons. The Labute approximate surface area is 103 Å². The third-order valence-electron chi connectivity index (χ3n) is 3.43. The van der Waals surface area contributed by atoms with Gasteiger partial charge in [-0.1, -0.05) is 38.5 Å². The Morgan fingerprint density at radius 1 is 1.41 bits per heavy atom. The standard InChI is InChI=1S/C14H22FNO/c1-4-11(2)14(3,17)10-16-9-12-7-5-6-8-13(12)15/h5-8,11,16-17H,4,9-10H2,1-3H3. The predicted octanol–water partition coefficient (Wildman–Crippen LogP) is 2.71. The molecule has 0 saturated heterocycles. The van der Waals surface area contributed by atoms with E-state index in [0.717, 1.165) is 6.42 Å². The zero-order valence-corrected chi connectivity index (χ0v) is 10.8. The highest BCUT2D eigenvalue weighted by Gasteiger charge is 2.26. The molecule has 0 aliphatic heterocycles. The maximum Gasteiger partial charge on any atom is 0.127 e. The number of hydrogen-bond acceptors (Lipinski definition) is 2. The SMILES string of the molecule is CCC(C)C(C)(O)CNCc1ccccc1F. The molecule has 1 rings (SSSR count). The molecule has 1 aromatic rings. The van der Waals surface area contributed by atoms with E-state index in [1.807, 2.05) is 19.9 Å². The fraction of sp³-hybridized carbons (Fsp3) is 0.571. The van der Waals surface area contributed by atoms with Crippen molar-refractivity contribution in [2.75, 3.05) is 6.54 Å². The van der Waals surface area contributed by atoms with Gasteiger partial charge in [0.05, 0.1) is 5.60 Å². The van der Waals surface area contributed by atoms with Gasteiger partial charge in [-0.05, 0) is 18.9 Å². The van der Waals surface area contributed by atoms with Gasteiger partial charge >= 0.3 is 0 Å². The van der Waals surface area contributed by atoms with Gasteiger partial charge in [-0.2, -0.15) is 0 Å². The lowest BCUT2D eigenvalue weighted by atomic mass is 9.88. The zero-order chi connectivity index (χ0) is 12.9. The van der Waals surface area contributed by atoms with Gasteiger partial charge in [-0.3, -0.25) is 0 Å². The van der Waals surface area contributed by atoms with E-state index < -0.39 is 5.60 Å². The summed E-state index contributed by atoms with van der Waals surface area (Å²) in [6.07, 6.45) is 0.925. The van der Waals surface area contributed by atoms with Crippen LogP contribution in [0.25, 0.3) is 0 Å². The molecule has 0 fully saturated rings. The van der Waals surface area contributed by atoms with Gasteiger partial charge in [0.25, 0.3) is 0 Å². The molecule has 3 heteroatoms. The van der Waals surface area contributed by atoms with Crippen LogP contribution in [0.15, 0.2) is 24.3 Å². The van der Waals surface area contributed by atoms with E-state index in [4.69, 9.17) is 0 Å². The normalized spacial score (nSPS) is 16.5. The molecule has 2 unspecified atom stereocenters. The van der Waals surface area contributed by atoms with Crippen molar-refractivity contribution >= 4 is 0 Å². The molecule has 2 nitrogen and oxygen atoms in total. The second-order valence-corrected chi connectivity index (χ2v) is 4.86. The monoisotopic (exact) mass is 239 g/mol. The first-order valence-corrected chi connectivity index (χ1v) is 6.14. The number of benzene rings is 1. The molecule has 2 atom stereocenters. The molecule has 1 aromatic carbocycles. The van der Waals surface area contributed by atoms with E-state index >= 15 is 0 Å². The van der Waals surface area contributed by atoms with Crippen molar-refractivity contribution in [3.8, 4) is 0 Å². The molecule has 0 spiro atoms. The van der Waals surface area contributed by atoms with Gasteiger partial charge in [0.2, 0.25) is 0 Å². The van der Waals surface area contributed by atoms with Gasteiger partial charge in [-0.15, -0.1) is 0 Å². The van der Waals surface area contributed by atoms with E-state index in [0.29, 0.717) is 18.7 Å². The van der Waals surface area contributed by atoms with Crippen LogP contribution in [-0.4, -0.2) is 17.3 Å². The summed E-state index contributed by atoms with van der Waals surface area (Å²) in [4.78, 5) is 0. The molecule has 0 amide bonds. The molecule has 17 heavy (non-hydrogen) atoms. The summed E-state index contributed by atoms with van der Waals surface area (Å²) in [5.74, 6) is 0.0128. The fourth-order valence-corrected chi connectivity index (χ4v) is 1.71. The largest absolute Gasteiger partial charge is 0.389 e. The third kappa shape index (κ3) is 4.10. The number of aliphatic hydroxyl groups is 1. The molecule has 0 aliphatic carbocycles. The van der Waals surface area contributed by atoms with Crippen LogP contribution in [0.3, 0.4) is 0 Å². The van der Waals surface area contributed by atoms with Crippen molar-refractivity contribution in [1.82, 2.24) is 5.32 Å². The maximum atomic E-state index is 13.3. The summed E-state index contributed by atoms with van der Waals surface area (Å²) < 4.78 is 13.3. The minimum Gasteiger partial charge on any atom is -0.389 e. The molecular weight excluding hydrogens is 217 g/mol. The smallest absolute Gasteiger partial charge is 0.127 e. The Hall–Kier alpha value is -0.930. The lowest BCUT2D eigenvalue weighted by Crippen LogP contribution is -2.42. The van der Waals surface area contributed by atoms with Crippen molar-refractivity contribution in [3.63, 3.8) is 0 Å². The highest BCUT2D eigenvalue weighted by Crippen LogP contribution is 2.19. The van der Waals surface area contributed by atoms with Gasteiger partial charge in [0, 0.05) is 18.7 Å². The second kappa shape index (κ2) is 6.12. The van der Waals surface area contributed by atoms with Crippen molar-refractivity contribution in [1.29, 1.82) is 0 Å². The number of nitrogens with one attached hydrogen (secondary N) is 1. The van der Waals surface area contributed by atoms with Gasteiger partial charge in [0.1, 0.15) is 5.82 Å². The number of hydrogen-bond donors (Lipinski definition) is 2. The topological polar surface area (TPSA) is 32.3 Å². The highest BCUT2D eigenvalue weighted by atomic mass is 19.1. The number of rotatable bonds is 6. The quantitative estimate of drug-likeness (QED) is 0.800. The molecule has 0 saturated carbocycles. The number of halogens is 1. The van der Waals surface area contributed by atoms with Crippen molar-refractivity contribution in [2.45, 2.75) is 39.3 Å². The Balaban J connectivity index is 2.45. The summed E-state index contributed by atoms with van der Waals surface area (Å²) in [5, 5.41) is 13.3. The van der Waals surface area contributed by atoms with Gasteiger partial charge in [-0.25, -0.2) is 4.39 Å². The predicted molar refractivity (Wildman–Crippen MR) is 68.2 cm³/mol. The maximum absolute atomic E-state index is 13.3. The van der Waals surface area contributed by atoms with Crippen molar-refractivity contribution < 1.29 is 9.50 Å². The summed E-state index contributed by atoms with van der Waals surface area (Å²) in [7, 11) is 0. The second-order valence-electron chi connectivity index (χ2n) is 4.86. The van der Waals surface area contributed by atoms with Crippen LogP contribution in [-0.2, 0) is 6.54 Å². The third-order valence-corrected chi connectivity index (χ3v) is 3.43. The molecule has 96 valence electrons. The van der Waals surface area contributed by atoms with Crippen LogP contribution >= 0.6 is 0 Å². The van der Waals surface area contributed by atoms with Crippen molar-refractivity contribution in [3.05, 3.63) is 35.6 Å². The van der Waals surface area contributed by atoms with E-state index in [1.54, 1.807) is 12.1 Å². The van der Waals surface area contributed by atoms with Crippen LogP contribution in [0.1, 0.15) is 32.8 Å². The van der Waals surface area contributed by atoms with Crippen LogP contribution in [0.2, 0.25) is 0 Å². The molecular formula is C14H22FNO. The Kier molecular flexibility index (Phi) is 5.09. The molecule has 0 bridgehead atoms. The first kappa shape index (κ1) is 14.1. The molecule has 2 N–H and O–H groups in total. The van der Waals surface area contributed by atoms with Crippen LogP contribution < -0.4 is 5.32 Å². The summed E-state index contributed by atoms with van der Waals surface area (Å²) >= 11 is 0. The van der Waals surface area contributed by atoms with Crippen LogP contribution in [0.5, 0.6) is 0 Å². The molecule has 0 aliphatic rings. The minimum atomic E-state index is -0.750. The summed E-state index contributed by atoms with van der Waals surface area (Å²) in [6.45, 7) is 6.80. The highest BCUT2D eigenvalue weighted by molar-refractivity contribution is 5.16. The van der Waals surface area contributed by atoms with Crippen LogP contribution in [0, 0.1) is 11.7 Å². The summed E-state index contributed by atoms with van der Waals surface area (Å²) in [5.41, 5.74) is -0.118. The zero-order valence-electron chi connectivity index (χ0n) is 10.8. The lowest BCUT2D eigenvalue weighted by Gasteiger charge is -2.30. The van der Waals surface area contributed by atoms with E-state index in [-0.39, 0.29) is 11.7 Å². The first-order chi connectivity index (χ1) is 7.97. The summed E-state index contributed by atoms with van der Waals surface area (Å²) in [6, 6.07) is 6.69. The van der Waals surface area contributed by atoms with E-state index in [1.165, 1.54) is 6.07 Å². The minimum absolute atomic E-state index is 0.205. The Morgan fingerprint density at radius 3 is 2.65 bits per heavy atom. The van der Waals surface area contributed by atoms with E-state index in [2.05, 4.69) is 12.2 Å². The fourth-order valence-electron chi connectivity index (χ4n) is 1.71. The van der Waals surface area contributed by atoms with Crippen LogP contribution in [0.4, 0.5) is 4.39 Å². The lowest BCUT2D eigenvalue weighted by molar-refractivity contribution is 0.00529. The average molecular weight is 239 g/mol. The molecule has 0 aromatic heterocycles. The Bertz CT molecular complexity index is 352. The van der Waals surface area contributed by atoms with Gasteiger partial charge < -0.3 is 10.4 Å². The first-order valence-electron chi connectivity index (χ1n) is 6.14. The molecule has 0 heterocycles. The van der Waals surface area contributed by atoms with Crippen molar-refractivity contribution in [2.24, 2.45) is 5.92 Å². The van der Waals surface area contributed by atoms with Gasteiger partial charge in [0.15, 0.2) is 0 Å². The average Bonchev–Trinajstić information content (AvgIpc) is 2.30. The van der Waals surface area contributed by atoms with E-state index in [9.17, 15) is 9.50 Å².